The molecule has 1 atom stereocenters. The molecule has 0 saturated heterocycles. The molecule has 0 spiro atoms. The van der Waals surface area contributed by atoms with Gasteiger partial charge in [-0.2, -0.15) is 20.5 Å². The Balaban J connectivity index is 4.09. The van der Waals surface area contributed by atoms with Crippen LogP contribution in [0.2, 0.25) is 0 Å². The highest BCUT2D eigenvalue weighted by atomic mass is 79.9. The Morgan fingerprint density at radius 2 is 2.00 bits per heavy atom. The van der Waals surface area contributed by atoms with E-state index in [0.29, 0.717) is 11.8 Å². The van der Waals surface area contributed by atoms with Crippen molar-refractivity contribution in [3.8, 4) is 0 Å². The summed E-state index contributed by atoms with van der Waals surface area (Å²) in [6.45, 7) is 1.92. The van der Waals surface area contributed by atoms with Crippen LogP contribution < -0.4 is 0 Å². The van der Waals surface area contributed by atoms with Crippen molar-refractivity contribution in [1.82, 2.24) is 0 Å². The van der Waals surface area contributed by atoms with Crippen LogP contribution in [0.4, 0.5) is 13.2 Å². The van der Waals surface area contributed by atoms with E-state index in [4.69, 9.17) is 11.6 Å². The Labute approximate surface area is 93.0 Å². The van der Waals surface area contributed by atoms with Crippen molar-refractivity contribution >= 4 is 39.3 Å². The molecule has 0 amide bonds. The molecule has 0 aromatic heterocycles. The third-order valence-electron chi connectivity index (χ3n) is 1.12. The minimum absolute atomic E-state index is 0.470. The second-order valence-corrected chi connectivity index (χ2v) is 5.05. The molecule has 78 valence electrons. The molecule has 0 bridgehead atoms. The lowest BCUT2D eigenvalue weighted by Crippen LogP contribution is -2.31. The van der Waals surface area contributed by atoms with Gasteiger partial charge < -0.3 is 0 Å². The highest BCUT2D eigenvalue weighted by Gasteiger charge is 2.49. The van der Waals surface area contributed by atoms with Gasteiger partial charge >= 0.3 is 4.83 Å². The molecule has 0 saturated carbocycles. The molecule has 0 rings (SSSR count). The molecule has 0 aliphatic carbocycles. The third-order valence-corrected chi connectivity index (χ3v) is 3.13. The number of thioether (sulfide) groups is 1. The second-order valence-electron chi connectivity index (χ2n) is 2.18. The maximum absolute atomic E-state index is 12.9. The molecule has 0 aliphatic rings. The first-order chi connectivity index (χ1) is 5.81. The van der Waals surface area contributed by atoms with Gasteiger partial charge in [0.1, 0.15) is 0 Å². The van der Waals surface area contributed by atoms with Gasteiger partial charge in [0, 0.05) is 5.75 Å². The third kappa shape index (κ3) is 5.18. The number of alkyl halides is 5. The van der Waals surface area contributed by atoms with E-state index in [1.54, 1.807) is 0 Å². The van der Waals surface area contributed by atoms with E-state index in [9.17, 15) is 13.2 Å². The number of allylic oxidation sites excluding steroid dienone is 1. The van der Waals surface area contributed by atoms with Gasteiger partial charge in [0.15, 0.2) is 0 Å². The van der Waals surface area contributed by atoms with Crippen molar-refractivity contribution in [3.05, 3.63) is 12.2 Å². The summed E-state index contributed by atoms with van der Waals surface area (Å²) in [6.07, 6.45) is 1.95. The lowest BCUT2D eigenvalue weighted by Gasteiger charge is -2.18. The molecule has 1 unspecified atom stereocenters. The summed E-state index contributed by atoms with van der Waals surface area (Å²) >= 11 is 8.29. The number of hydrogen-bond donors (Lipinski definition) is 0. The van der Waals surface area contributed by atoms with Crippen LogP contribution in [0, 0.1) is 0 Å². The van der Waals surface area contributed by atoms with Crippen molar-refractivity contribution in [2.24, 2.45) is 0 Å². The fourth-order valence-electron chi connectivity index (χ4n) is 0.477. The minimum atomic E-state index is -3.74. The van der Waals surface area contributed by atoms with Gasteiger partial charge in [-0.1, -0.05) is 24.6 Å². The summed E-state index contributed by atoms with van der Waals surface area (Å²) in [5, 5.41) is -3.15. The van der Waals surface area contributed by atoms with Crippen molar-refractivity contribution in [2.75, 3.05) is 11.5 Å². The van der Waals surface area contributed by atoms with Crippen LogP contribution in [0.1, 0.15) is 6.92 Å². The second kappa shape index (κ2) is 5.51. The fraction of sp³-hybridized carbons (Fsp3) is 0.714. The van der Waals surface area contributed by atoms with Gasteiger partial charge in [-0.25, -0.2) is 4.39 Å². The van der Waals surface area contributed by atoms with Crippen molar-refractivity contribution in [2.45, 2.75) is 16.9 Å². The zero-order chi connectivity index (χ0) is 10.5. The van der Waals surface area contributed by atoms with Crippen LogP contribution in [0.25, 0.3) is 0 Å². The first-order valence-corrected chi connectivity index (χ1v) is 5.84. The Bertz CT molecular complexity index is 179. The summed E-state index contributed by atoms with van der Waals surface area (Å²) in [6, 6.07) is 0. The lowest BCUT2D eigenvalue weighted by atomic mass is 10.3. The van der Waals surface area contributed by atoms with E-state index in [2.05, 4.69) is 0 Å². The zero-order valence-corrected chi connectivity index (χ0v) is 10.0. The van der Waals surface area contributed by atoms with Crippen LogP contribution in [0.5, 0.6) is 0 Å². The van der Waals surface area contributed by atoms with Crippen LogP contribution in [-0.4, -0.2) is 21.5 Å². The van der Waals surface area contributed by atoms with Crippen molar-refractivity contribution < 1.29 is 13.2 Å². The summed E-state index contributed by atoms with van der Waals surface area (Å²) in [4.78, 5) is -3.74. The van der Waals surface area contributed by atoms with Crippen LogP contribution in [0.15, 0.2) is 12.2 Å². The van der Waals surface area contributed by atoms with Gasteiger partial charge in [0.05, 0.1) is 0 Å². The Morgan fingerprint density at radius 1 is 1.46 bits per heavy atom. The largest absolute Gasteiger partial charge is 0.352 e. The Kier molecular flexibility index (Phi) is 5.79. The monoisotopic (exact) mass is 296 g/mol. The maximum Gasteiger partial charge on any atom is 0.352 e. The van der Waals surface area contributed by atoms with Gasteiger partial charge in [0.2, 0.25) is 0 Å². The van der Waals surface area contributed by atoms with Gasteiger partial charge in [0.25, 0.3) is 5.13 Å². The number of rotatable bonds is 5. The van der Waals surface area contributed by atoms with E-state index in [-0.39, 0.29) is 0 Å². The molecule has 13 heavy (non-hydrogen) atoms. The van der Waals surface area contributed by atoms with Crippen molar-refractivity contribution in [3.63, 3.8) is 0 Å². The smallest absolute Gasteiger partial charge is 0.214 e. The fourth-order valence-corrected chi connectivity index (χ4v) is 1.17. The lowest BCUT2D eigenvalue weighted by molar-refractivity contribution is 0.0218. The average molecular weight is 298 g/mol. The molecule has 0 aliphatic heterocycles. The highest BCUT2D eigenvalue weighted by molar-refractivity contribution is 9.10. The summed E-state index contributed by atoms with van der Waals surface area (Å²) < 4.78 is 37.6. The number of hydrogen-bond acceptors (Lipinski definition) is 1. The van der Waals surface area contributed by atoms with E-state index >= 15 is 0 Å². The minimum Gasteiger partial charge on any atom is -0.214 e. The SMILES string of the molecule is CCSCC=CC(F)(Cl)C(F)(F)Br. The maximum atomic E-state index is 12.9. The summed E-state index contributed by atoms with van der Waals surface area (Å²) in [7, 11) is 0. The molecule has 0 radical (unpaired) electrons. The van der Waals surface area contributed by atoms with E-state index in [0.717, 1.165) is 5.75 Å². The normalized spacial score (nSPS) is 17.7. The van der Waals surface area contributed by atoms with Crippen molar-refractivity contribution in [1.29, 1.82) is 0 Å². The Hall–Kier alpha value is 0.650. The highest BCUT2D eigenvalue weighted by Crippen LogP contribution is 2.42. The standard InChI is InChI=1S/C7H9BrClF3S/c1-2-13-5-3-4-6(9,10)7(8,11)12/h3-4H,2,5H2,1H3. The molecule has 0 fully saturated rings. The predicted octanol–water partition coefficient (Wildman–Crippen LogP) is 4.19. The first-order valence-electron chi connectivity index (χ1n) is 3.51. The molecule has 0 N–H and O–H groups in total. The van der Waals surface area contributed by atoms with E-state index in [1.165, 1.54) is 17.8 Å². The summed E-state index contributed by atoms with van der Waals surface area (Å²) in [5.41, 5.74) is 0. The Morgan fingerprint density at radius 3 is 2.38 bits per heavy atom. The van der Waals surface area contributed by atoms with Gasteiger partial charge in [-0.05, 0) is 27.8 Å². The number of halogens is 5. The predicted molar refractivity (Wildman–Crippen MR) is 55.7 cm³/mol. The molecule has 6 heteroatoms. The first kappa shape index (κ1) is 13.7. The molecule has 0 aromatic carbocycles. The zero-order valence-electron chi connectivity index (χ0n) is 6.87. The molecular weight excluding hydrogens is 288 g/mol. The molecule has 0 aromatic rings. The van der Waals surface area contributed by atoms with Crippen LogP contribution in [-0.2, 0) is 0 Å². The topological polar surface area (TPSA) is 0 Å². The average Bonchev–Trinajstić information content (AvgIpc) is 1.96. The van der Waals surface area contributed by atoms with Crippen LogP contribution in [0.3, 0.4) is 0 Å². The van der Waals surface area contributed by atoms with Gasteiger partial charge in [-0.15, -0.1) is 0 Å². The van der Waals surface area contributed by atoms with E-state index in [1.807, 2.05) is 22.9 Å². The molecule has 0 heterocycles. The quantitative estimate of drug-likeness (QED) is 0.416. The van der Waals surface area contributed by atoms with Gasteiger partial charge in [-0.3, -0.25) is 0 Å². The summed E-state index contributed by atoms with van der Waals surface area (Å²) in [5.74, 6) is 1.31. The molecule has 0 nitrogen and oxygen atoms in total. The van der Waals surface area contributed by atoms with Crippen LogP contribution >= 0.6 is 39.3 Å². The molecular formula is C7H9BrClF3S. The van der Waals surface area contributed by atoms with E-state index < -0.39 is 9.96 Å².